The molecule has 0 fully saturated rings. The van der Waals surface area contributed by atoms with Gasteiger partial charge in [-0.1, -0.05) is 6.92 Å². The van der Waals surface area contributed by atoms with E-state index in [4.69, 9.17) is 4.74 Å². The van der Waals surface area contributed by atoms with E-state index in [9.17, 15) is 0 Å². The summed E-state index contributed by atoms with van der Waals surface area (Å²) in [6.07, 6.45) is 7.63. The molecule has 2 aromatic heterocycles. The standard InChI is InChI=1S/C16H17N3O/c1-3-4-15-17-9-10-19(15)16-14-6-5-13(20-2)11-12(14)7-8-18-16/h5-11H,3-4H2,1-2H3. The quantitative estimate of drug-likeness (QED) is 0.727. The van der Waals surface area contributed by atoms with Crippen molar-refractivity contribution in [1.82, 2.24) is 14.5 Å². The molecule has 0 unspecified atom stereocenters. The van der Waals surface area contributed by atoms with Crippen molar-refractivity contribution >= 4 is 10.8 Å². The van der Waals surface area contributed by atoms with Gasteiger partial charge in [-0.3, -0.25) is 4.57 Å². The maximum Gasteiger partial charge on any atom is 0.145 e. The lowest BCUT2D eigenvalue weighted by atomic mass is 10.1. The fourth-order valence-corrected chi connectivity index (χ4v) is 2.39. The smallest absolute Gasteiger partial charge is 0.145 e. The zero-order chi connectivity index (χ0) is 13.9. The third kappa shape index (κ3) is 2.13. The summed E-state index contributed by atoms with van der Waals surface area (Å²) >= 11 is 0. The van der Waals surface area contributed by atoms with Gasteiger partial charge in [-0.15, -0.1) is 0 Å². The van der Waals surface area contributed by atoms with E-state index >= 15 is 0 Å². The summed E-state index contributed by atoms with van der Waals surface area (Å²) in [4.78, 5) is 8.95. The predicted molar refractivity (Wildman–Crippen MR) is 79.4 cm³/mol. The second-order valence-electron chi connectivity index (χ2n) is 4.69. The van der Waals surface area contributed by atoms with Gasteiger partial charge < -0.3 is 4.74 Å². The van der Waals surface area contributed by atoms with Gasteiger partial charge in [-0.2, -0.15) is 0 Å². The zero-order valence-electron chi connectivity index (χ0n) is 11.7. The molecule has 3 rings (SSSR count). The first kappa shape index (κ1) is 12.7. The van der Waals surface area contributed by atoms with Gasteiger partial charge in [0.15, 0.2) is 0 Å². The van der Waals surface area contributed by atoms with Crippen LogP contribution in [0.4, 0.5) is 0 Å². The van der Waals surface area contributed by atoms with Crippen LogP contribution in [-0.2, 0) is 6.42 Å². The summed E-state index contributed by atoms with van der Waals surface area (Å²) in [6.45, 7) is 2.15. The zero-order valence-corrected chi connectivity index (χ0v) is 11.7. The average molecular weight is 267 g/mol. The molecule has 0 amide bonds. The number of imidazole rings is 1. The lowest BCUT2D eigenvalue weighted by molar-refractivity contribution is 0.415. The van der Waals surface area contributed by atoms with Crippen LogP contribution in [0.2, 0.25) is 0 Å². The van der Waals surface area contributed by atoms with Crippen molar-refractivity contribution in [3.8, 4) is 11.6 Å². The Labute approximate surface area is 118 Å². The first-order valence-corrected chi connectivity index (χ1v) is 6.79. The molecule has 102 valence electrons. The number of methoxy groups -OCH3 is 1. The molecule has 0 N–H and O–H groups in total. The Balaban J connectivity index is 2.18. The Hall–Kier alpha value is -2.36. The molecule has 0 bridgehead atoms. The number of benzene rings is 1. The van der Waals surface area contributed by atoms with Crippen molar-refractivity contribution in [3.63, 3.8) is 0 Å². The predicted octanol–water partition coefficient (Wildman–Crippen LogP) is 3.38. The van der Waals surface area contributed by atoms with Gasteiger partial charge in [-0.25, -0.2) is 9.97 Å². The average Bonchev–Trinajstić information content (AvgIpc) is 2.94. The molecule has 0 atom stereocenters. The highest BCUT2D eigenvalue weighted by Gasteiger charge is 2.09. The van der Waals surface area contributed by atoms with E-state index in [1.54, 1.807) is 7.11 Å². The van der Waals surface area contributed by atoms with E-state index in [0.29, 0.717) is 0 Å². The second kappa shape index (κ2) is 5.33. The van der Waals surface area contributed by atoms with Crippen LogP contribution < -0.4 is 4.74 Å². The highest BCUT2D eigenvalue weighted by molar-refractivity contribution is 5.89. The van der Waals surface area contributed by atoms with Crippen LogP contribution in [0, 0.1) is 0 Å². The third-order valence-corrected chi connectivity index (χ3v) is 3.37. The molecular formula is C16H17N3O. The van der Waals surface area contributed by atoms with E-state index in [-0.39, 0.29) is 0 Å². The molecular weight excluding hydrogens is 250 g/mol. The van der Waals surface area contributed by atoms with Crippen molar-refractivity contribution in [2.75, 3.05) is 7.11 Å². The highest BCUT2D eigenvalue weighted by Crippen LogP contribution is 2.25. The van der Waals surface area contributed by atoms with Crippen molar-refractivity contribution in [2.45, 2.75) is 19.8 Å². The first-order chi connectivity index (χ1) is 9.83. The van der Waals surface area contributed by atoms with E-state index < -0.39 is 0 Å². The maximum absolute atomic E-state index is 5.28. The summed E-state index contributed by atoms with van der Waals surface area (Å²) in [6, 6.07) is 8.03. The summed E-state index contributed by atoms with van der Waals surface area (Å²) in [5, 5.41) is 2.22. The largest absolute Gasteiger partial charge is 0.497 e. The first-order valence-electron chi connectivity index (χ1n) is 6.79. The van der Waals surface area contributed by atoms with Crippen LogP contribution in [0.15, 0.2) is 42.9 Å². The molecule has 4 nitrogen and oxygen atoms in total. The number of nitrogens with zero attached hydrogens (tertiary/aromatic N) is 3. The molecule has 0 saturated carbocycles. The molecule has 0 saturated heterocycles. The van der Waals surface area contributed by atoms with Crippen LogP contribution >= 0.6 is 0 Å². The molecule has 0 aliphatic rings. The van der Waals surface area contributed by atoms with Crippen LogP contribution in [0.3, 0.4) is 0 Å². The van der Waals surface area contributed by atoms with Crippen LogP contribution in [-0.4, -0.2) is 21.6 Å². The molecule has 20 heavy (non-hydrogen) atoms. The number of rotatable bonds is 4. The number of ether oxygens (including phenoxy) is 1. The van der Waals surface area contributed by atoms with E-state index in [0.717, 1.165) is 41.0 Å². The minimum atomic E-state index is 0.856. The van der Waals surface area contributed by atoms with Crippen molar-refractivity contribution in [3.05, 3.63) is 48.7 Å². The topological polar surface area (TPSA) is 39.9 Å². The maximum atomic E-state index is 5.28. The van der Waals surface area contributed by atoms with Gasteiger partial charge in [0.05, 0.1) is 7.11 Å². The van der Waals surface area contributed by atoms with Gasteiger partial charge in [0.1, 0.15) is 17.4 Å². The SMILES string of the molecule is CCCc1nccn1-c1nccc2cc(OC)ccc12. The van der Waals surface area contributed by atoms with Gasteiger partial charge >= 0.3 is 0 Å². The number of pyridine rings is 1. The minimum absolute atomic E-state index is 0.856. The molecule has 3 aromatic rings. The highest BCUT2D eigenvalue weighted by atomic mass is 16.5. The van der Waals surface area contributed by atoms with E-state index in [1.807, 2.05) is 42.9 Å². The molecule has 0 spiro atoms. The van der Waals surface area contributed by atoms with Crippen LogP contribution in [0.25, 0.3) is 16.6 Å². The van der Waals surface area contributed by atoms with Crippen molar-refractivity contribution < 1.29 is 4.74 Å². The van der Waals surface area contributed by atoms with Crippen molar-refractivity contribution in [1.29, 1.82) is 0 Å². The van der Waals surface area contributed by atoms with Crippen LogP contribution in [0.5, 0.6) is 5.75 Å². The molecule has 4 heteroatoms. The van der Waals surface area contributed by atoms with Gasteiger partial charge in [-0.05, 0) is 36.1 Å². The number of aryl methyl sites for hydroxylation is 1. The van der Waals surface area contributed by atoms with Crippen molar-refractivity contribution in [2.24, 2.45) is 0 Å². The Morgan fingerprint density at radius 2 is 2.05 bits per heavy atom. The van der Waals surface area contributed by atoms with Gasteiger partial charge in [0, 0.05) is 30.4 Å². The van der Waals surface area contributed by atoms with Crippen LogP contribution in [0.1, 0.15) is 19.2 Å². The molecule has 0 aliphatic heterocycles. The number of fused-ring (bicyclic) bond motifs is 1. The monoisotopic (exact) mass is 267 g/mol. The normalized spacial score (nSPS) is 10.9. The Kier molecular flexibility index (Phi) is 3.37. The minimum Gasteiger partial charge on any atom is -0.497 e. The lowest BCUT2D eigenvalue weighted by Gasteiger charge is -2.10. The molecule has 2 heterocycles. The Bertz CT molecular complexity index is 733. The van der Waals surface area contributed by atoms with Gasteiger partial charge in [0.2, 0.25) is 0 Å². The lowest BCUT2D eigenvalue weighted by Crippen LogP contribution is -2.03. The summed E-state index contributed by atoms with van der Waals surface area (Å²) in [7, 11) is 1.68. The second-order valence-corrected chi connectivity index (χ2v) is 4.69. The fourth-order valence-electron chi connectivity index (χ4n) is 2.39. The van der Waals surface area contributed by atoms with E-state index in [2.05, 4.69) is 21.5 Å². The Morgan fingerprint density at radius 1 is 1.15 bits per heavy atom. The number of aromatic nitrogens is 3. The van der Waals surface area contributed by atoms with Gasteiger partial charge in [0.25, 0.3) is 0 Å². The van der Waals surface area contributed by atoms with E-state index in [1.165, 1.54) is 0 Å². The summed E-state index contributed by atoms with van der Waals surface area (Å²) in [5.74, 6) is 2.82. The third-order valence-electron chi connectivity index (χ3n) is 3.37. The number of hydrogen-bond donors (Lipinski definition) is 0. The fraction of sp³-hybridized carbons (Fsp3) is 0.250. The summed E-state index contributed by atoms with van der Waals surface area (Å²) in [5.41, 5.74) is 0. The number of hydrogen-bond acceptors (Lipinski definition) is 3. The Morgan fingerprint density at radius 3 is 2.85 bits per heavy atom. The molecule has 0 aliphatic carbocycles. The molecule has 1 aromatic carbocycles. The summed E-state index contributed by atoms with van der Waals surface area (Å²) < 4.78 is 7.34. The molecule has 0 radical (unpaired) electrons.